The lowest BCUT2D eigenvalue weighted by atomic mass is 10.4. The fourth-order valence-corrected chi connectivity index (χ4v) is 6.19. The first-order valence-corrected chi connectivity index (χ1v) is 9.03. The van der Waals surface area contributed by atoms with Gasteiger partial charge in [-0.15, -0.1) is 12.4 Å². The molecule has 0 N–H and O–H groups in total. The maximum absolute atomic E-state index is 9.51. The Morgan fingerprint density at radius 2 is 0.913 bits per heavy atom. The minimum Gasteiger partial charge on any atom is -0.193 e. The fourth-order valence-electron chi connectivity index (χ4n) is 2.75. The fraction of sp³-hybridized carbons (Fsp3) is 0. The normalized spacial score (nSPS) is 10.2. The smallest absolute Gasteiger partial charge is 0.0923 e. The van der Waals surface area contributed by atoms with Crippen molar-refractivity contribution in [2.24, 2.45) is 0 Å². The first-order valence-electron chi connectivity index (χ1n) is 7.17. The van der Waals surface area contributed by atoms with Gasteiger partial charge < -0.3 is 0 Å². The molecule has 0 spiro atoms. The van der Waals surface area contributed by atoms with Gasteiger partial charge in [0.1, 0.15) is 0 Å². The van der Waals surface area contributed by atoms with Crippen LogP contribution in [-0.4, -0.2) is 5.80 Å². The van der Waals surface area contributed by atoms with Crippen LogP contribution >= 0.6 is 19.3 Å². The van der Waals surface area contributed by atoms with Crippen LogP contribution in [0.3, 0.4) is 0 Å². The molecule has 3 aromatic rings. The largest absolute Gasteiger partial charge is 0.193 e. The predicted molar refractivity (Wildman–Crippen MR) is 104 cm³/mol. The molecular formula is C20H17ClNP. The number of rotatable bonds is 3. The molecule has 0 aliphatic rings. The average Bonchev–Trinajstić information content (AvgIpc) is 2.62. The Hall–Kier alpha value is -2.26. The molecule has 0 fully saturated rings. The monoisotopic (exact) mass is 337 g/mol. The van der Waals surface area contributed by atoms with Gasteiger partial charge in [0.25, 0.3) is 0 Å². The summed E-state index contributed by atoms with van der Waals surface area (Å²) in [6, 6.07) is 33.4. The Labute approximate surface area is 143 Å². The van der Waals surface area contributed by atoms with Crippen LogP contribution in [0.5, 0.6) is 0 Å². The molecule has 23 heavy (non-hydrogen) atoms. The van der Waals surface area contributed by atoms with E-state index >= 15 is 0 Å². The third-order valence-electron chi connectivity index (χ3n) is 3.74. The van der Waals surface area contributed by atoms with E-state index in [0.717, 1.165) is 0 Å². The maximum Gasteiger partial charge on any atom is 0.0923 e. The van der Waals surface area contributed by atoms with Gasteiger partial charge in [0.05, 0.1) is 6.07 Å². The van der Waals surface area contributed by atoms with Gasteiger partial charge in [0.15, 0.2) is 0 Å². The summed E-state index contributed by atoms with van der Waals surface area (Å²) in [7, 11) is 0. The second-order valence-electron chi connectivity index (χ2n) is 4.99. The first-order chi connectivity index (χ1) is 10.9. The van der Waals surface area contributed by atoms with Crippen LogP contribution in [0, 0.1) is 11.3 Å². The molecule has 0 bridgehead atoms. The van der Waals surface area contributed by atoms with Crippen LogP contribution < -0.4 is 15.9 Å². The van der Waals surface area contributed by atoms with E-state index in [4.69, 9.17) is 0 Å². The molecule has 114 valence electrons. The van der Waals surface area contributed by atoms with Gasteiger partial charge in [0, 0.05) is 5.80 Å². The number of hydrogen-bond acceptors (Lipinski definition) is 1. The third-order valence-corrected chi connectivity index (χ3v) is 7.58. The van der Waals surface area contributed by atoms with Crippen molar-refractivity contribution in [1.29, 1.82) is 5.26 Å². The third kappa shape index (κ3) is 3.25. The molecule has 0 atom stereocenters. The molecule has 1 nitrogen and oxygen atoms in total. The van der Waals surface area contributed by atoms with E-state index in [2.05, 4.69) is 42.5 Å². The zero-order chi connectivity index (χ0) is 15.3. The number of hydrogen-bond donors (Lipinski definition) is 0. The summed E-state index contributed by atoms with van der Waals surface area (Å²) >= 11 is 0. The topological polar surface area (TPSA) is 23.8 Å². The van der Waals surface area contributed by atoms with Gasteiger partial charge in [-0.1, -0.05) is 91.0 Å². The summed E-state index contributed by atoms with van der Waals surface area (Å²) < 4.78 is 0. The first kappa shape index (κ1) is 17.1. The lowest BCUT2D eigenvalue weighted by Crippen LogP contribution is -2.26. The summed E-state index contributed by atoms with van der Waals surface area (Å²) in [5, 5.41) is 13.1. The van der Waals surface area contributed by atoms with Crippen molar-refractivity contribution in [2.75, 3.05) is 0 Å². The molecule has 0 saturated carbocycles. The van der Waals surface area contributed by atoms with Gasteiger partial charge in [0.2, 0.25) is 0 Å². The van der Waals surface area contributed by atoms with Crippen molar-refractivity contribution in [3.63, 3.8) is 0 Å². The summed E-state index contributed by atoms with van der Waals surface area (Å²) in [6.45, 7) is -2.04. The van der Waals surface area contributed by atoms with Crippen LogP contribution in [0.4, 0.5) is 0 Å². The Morgan fingerprint density at radius 1 is 0.609 bits per heavy atom. The molecule has 3 heteroatoms. The molecule has 0 saturated heterocycles. The molecule has 0 unspecified atom stereocenters. The number of halogens is 1. The predicted octanol–water partition coefficient (Wildman–Crippen LogP) is 3.73. The molecule has 0 aromatic heterocycles. The second kappa shape index (κ2) is 7.84. The number of nitriles is 1. The van der Waals surface area contributed by atoms with Crippen molar-refractivity contribution in [3.05, 3.63) is 91.0 Å². The van der Waals surface area contributed by atoms with E-state index in [9.17, 15) is 5.26 Å². The Balaban J connectivity index is 0.00000192. The van der Waals surface area contributed by atoms with Gasteiger partial charge in [-0.2, -0.15) is 5.26 Å². The summed E-state index contributed by atoms with van der Waals surface area (Å²) in [6.07, 6.45) is 0. The summed E-state index contributed by atoms with van der Waals surface area (Å²) in [5.41, 5.74) is 0. The summed E-state index contributed by atoms with van der Waals surface area (Å²) in [5.74, 6) is 1.84. The van der Waals surface area contributed by atoms with Crippen LogP contribution in [0.2, 0.25) is 0 Å². The minimum absolute atomic E-state index is 0. The van der Waals surface area contributed by atoms with Crippen molar-refractivity contribution in [3.8, 4) is 6.07 Å². The zero-order valence-electron chi connectivity index (χ0n) is 12.5. The minimum atomic E-state index is -2.04. The SMILES string of the molecule is Cl.N#CC=P(c1ccccc1)(c1ccccc1)c1ccccc1. The van der Waals surface area contributed by atoms with Gasteiger partial charge in [-0.3, -0.25) is 0 Å². The molecule has 0 aliphatic carbocycles. The van der Waals surface area contributed by atoms with Crippen LogP contribution in [0.15, 0.2) is 91.0 Å². The van der Waals surface area contributed by atoms with Crippen LogP contribution in [0.1, 0.15) is 0 Å². The number of nitrogens with zero attached hydrogens (tertiary/aromatic N) is 1. The Morgan fingerprint density at radius 3 is 1.17 bits per heavy atom. The quantitative estimate of drug-likeness (QED) is 0.668. The highest BCUT2D eigenvalue weighted by molar-refractivity contribution is 7.94. The van der Waals surface area contributed by atoms with E-state index in [1.165, 1.54) is 15.9 Å². The lowest BCUT2D eigenvalue weighted by molar-refractivity contribution is 1.56. The maximum atomic E-state index is 9.51. The highest BCUT2D eigenvalue weighted by atomic mass is 35.5. The lowest BCUT2D eigenvalue weighted by Gasteiger charge is -2.27. The molecule has 3 rings (SSSR count). The molecular weight excluding hydrogens is 321 g/mol. The van der Waals surface area contributed by atoms with Crippen LogP contribution in [0.25, 0.3) is 0 Å². The standard InChI is InChI=1S/C20H16NP.ClH/c21-16-17-22(18-10-4-1-5-11-18,19-12-6-2-7-13-19)20-14-8-3-9-15-20;/h1-15,17H;1H. The van der Waals surface area contributed by atoms with E-state index in [1.54, 1.807) is 0 Å². The van der Waals surface area contributed by atoms with E-state index < -0.39 is 6.89 Å². The number of benzene rings is 3. The summed E-state index contributed by atoms with van der Waals surface area (Å²) in [4.78, 5) is 0. The van der Waals surface area contributed by atoms with Crippen molar-refractivity contribution in [2.45, 2.75) is 0 Å². The van der Waals surface area contributed by atoms with Gasteiger partial charge in [-0.25, -0.2) is 0 Å². The molecule has 0 radical (unpaired) electrons. The van der Waals surface area contributed by atoms with Gasteiger partial charge in [-0.05, 0) is 22.8 Å². The molecule has 3 aromatic carbocycles. The zero-order valence-corrected chi connectivity index (χ0v) is 14.3. The van der Waals surface area contributed by atoms with Crippen molar-refractivity contribution >= 4 is 41.0 Å². The van der Waals surface area contributed by atoms with Crippen LogP contribution in [-0.2, 0) is 0 Å². The van der Waals surface area contributed by atoms with E-state index in [-0.39, 0.29) is 12.4 Å². The van der Waals surface area contributed by atoms with Gasteiger partial charge >= 0.3 is 0 Å². The van der Waals surface area contributed by atoms with E-state index in [1.807, 2.05) is 60.4 Å². The second-order valence-corrected chi connectivity index (χ2v) is 8.24. The molecule has 0 aliphatic heterocycles. The molecule has 0 heterocycles. The molecule has 0 amide bonds. The average molecular weight is 338 g/mol. The highest BCUT2D eigenvalue weighted by Gasteiger charge is 2.24. The Kier molecular flexibility index (Phi) is 5.83. The van der Waals surface area contributed by atoms with E-state index in [0.29, 0.717) is 0 Å². The van der Waals surface area contributed by atoms with Crippen molar-refractivity contribution in [1.82, 2.24) is 0 Å². The Bertz CT molecular complexity index is 734. The van der Waals surface area contributed by atoms with Crippen molar-refractivity contribution < 1.29 is 0 Å². The highest BCUT2D eigenvalue weighted by Crippen LogP contribution is 2.43.